The molecule has 6 heteroatoms. The molecule has 0 spiro atoms. The Labute approximate surface area is 114 Å². The van der Waals surface area contributed by atoms with Crippen molar-refractivity contribution >= 4 is 10.0 Å². The Morgan fingerprint density at radius 2 is 2.05 bits per heavy atom. The molecule has 2 rings (SSSR count). The van der Waals surface area contributed by atoms with Gasteiger partial charge in [-0.3, -0.25) is 0 Å². The van der Waals surface area contributed by atoms with E-state index < -0.39 is 10.0 Å². The average molecular weight is 284 g/mol. The van der Waals surface area contributed by atoms with Crippen LogP contribution in [-0.4, -0.2) is 40.8 Å². The Morgan fingerprint density at radius 3 is 2.74 bits per heavy atom. The summed E-state index contributed by atoms with van der Waals surface area (Å²) in [6.07, 6.45) is -0.125. The first-order valence-electron chi connectivity index (χ1n) is 6.27. The van der Waals surface area contributed by atoms with Crippen LogP contribution < -0.4 is 10.0 Å². The minimum absolute atomic E-state index is 0.125. The van der Waals surface area contributed by atoms with E-state index in [1.807, 2.05) is 19.1 Å². The summed E-state index contributed by atoms with van der Waals surface area (Å²) in [5, 5.41) is 3.12. The van der Waals surface area contributed by atoms with Crippen molar-refractivity contribution in [3.8, 4) is 0 Å². The molecule has 0 bridgehead atoms. The number of aryl methyl sites for hydroxylation is 2. The van der Waals surface area contributed by atoms with E-state index in [4.69, 9.17) is 4.74 Å². The number of hydrogen-bond donors (Lipinski definition) is 2. The fourth-order valence-corrected chi connectivity index (χ4v) is 3.87. The molecular weight excluding hydrogens is 264 g/mol. The molecule has 2 atom stereocenters. The molecule has 1 heterocycles. The third-order valence-corrected chi connectivity index (χ3v) is 5.03. The molecule has 1 fully saturated rings. The molecule has 0 radical (unpaired) electrons. The number of nitrogens with one attached hydrogen (secondary N) is 2. The van der Waals surface area contributed by atoms with Crippen LogP contribution in [0.2, 0.25) is 0 Å². The van der Waals surface area contributed by atoms with Crippen molar-refractivity contribution in [1.29, 1.82) is 0 Å². The first-order valence-corrected chi connectivity index (χ1v) is 7.75. The van der Waals surface area contributed by atoms with E-state index in [-0.39, 0.29) is 12.1 Å². The molecule has 1 aromatic carbocycles. The minimum atomic E-state index is -3.51. The molecule has 5 nitrogen and oxygen atoms in total. The summed E-state index contributed by atoms with van der Waals surface area (Å²) in [7, 11) is -1.92. The van der Waals surface area contributed by atoms with Gasteiger partial charge in [-0.2, -0.15) is 0 Å². The summed E-state index contributed by atoms with van der Waals surface area (Å²) < 4.78 is 32.9. The lowest BCUT2D eigenvalue weighted by Crippen LogP contribution is -2.43. The molecule has 1 aromatic rings. The molecule has 0 amide bonds. The first kappa shape index (κ1) is 14.5. The largest absolute Gasteiger partial charge is 0.378 e. The smallest absolute Gasteiger partial charge is 0.241 e. The lowest BCUT2D eigenvalue weighted by atomic mass is 10.2. The SMILES string of the molecule is CO[C@H]1CNCC1NS(=O)(=O)c1cc(C)ccc1C. The molecule has 106 valence electrons. The highest BCUT2D eigenvalue weighted by molar-refractivity contribution is 7.89. The third kappa shape index (κ3) is 3.14. The van der Waals surface area contributed by atoms with Crippen LogP contribution in [-0.2, 0) is 14.8 Å². The second-order valence-electron chi connectivity index (χ2n) is 4.93. The molecule has 1 saturated heterocycles. The Kier molecular flexibility index (Phi) is 4.25. The monoisotopic (exact) mass is 284 g/mol. The molecule has 2 N–H and O–H groups in total. The molecule has 0 aliphatic carbocycles. The molecule has 0 saturated carbocycles. The van der Waals surface area contributed by atoms with Crippen molar-refractivity contribution in [2.24, 2.45) is 0 Å². The molecule has 1 aliphatic heterocycles. The number of hydrogen-bond acceptors (Lipinski definition) is 4. The Bertz CT molecular complexity index is 557. The Hall–Kier alpha value is -0.950. The van der Waals surface area contributed by atoms with Crippen LogP contribution in [0.5, 0.6) is 0 Å². The standard InChI is InChI=1S/C13H20N2O3S/c1-9-4-5-10(2)13(6-9)19(16,17)15-11-7-14-8-12(11)18-3/h4-6,11-12,14-15H,7-8H2,1-3H3/t11?,12-/m0/s1. The minimum Gasteiger partial charge on any atom is -0.378 e. The van der Waals surface area contributed by atoms with Gasteiger partial charge in [0, 0.05) is 20.2 Å². The second kappa shape index (κ2) is 5.58. The molecule has 19 heavy (non-hydrogen) atoms. The van der Waals surface area contributed by atoms with Crippen LogP contribution in [0.15, 0.2) is 23.1 Å². The maximum Gasteiger partial charge on any atom is 0.241 e. The summed E-state index contributed by atoms with van der Waals surface area (Å²) >= 11 is 0. The normalized spacial score (nSPS) is 23.7. The van der Waals surface area contributed by atoms with Gasteiger partial charge in [-0.1, -0.05) is 12.1 Å². The molecule has 0 aromatic heterocycles. The van der Waals surface area contributed by atoms with Gasteiger partial charge in [0.15, 0.2) is 0 Å². The highest BCUT2D eigenvalue weighted by Gasteiger charge is 2.31. The van der Waals surface area contributed by atoms with Crippen molar-refractivity contribution in [1.82, 2.24) is 10.0 Å². The number of ether oxygens (including phenoxy) is 1. The number of rotatable bonds is 4. The summed E-state index contributed by atoms with van der Waals surface area (Å²) in [4.78, 5) is 0.342. The Balaban J connectivity index is 2.25. The van der Waals surface area contributed by atoms with Gasteiger partial charge in [-0.05, 0) is 31.0 Å². The van der Waals surface area contributed by atoms with Gasteiger partial charge in [-0.25, -0.2) is 13.1 Å². The van der Waals surface area contributed by atoms with Gasteiger partial charge in [0.05, 0.1) is 17.0 Å². The van der Waals surface area contributed by atoms with Gasteiger partial charge >= 0.3 is 0 Å². The zero-order chi connectivity index (χ0) is 14.0. The fourth-order valence-electron chi connectivity index (χ4n) is 2.28. The van der Waals surface area contributed by atoms with Crippen LogP contribution in [0.4, 0.5) is 0 Å². The first-order chi connectivity index (χ1) is 8.94. The van der Waals surface area contributed by atoms with Crippen molar-refractivity contribution in [2.45, 2.75) is 30.9 Å². The van der Waals surface area contributed by atoms with Crippen LogP contribution in [0, 0.1) is 13.8 Å². The van der Waals surface area contributed by atoms with Gasteiger partial charge in [0.2, 0.25) is 10.0 Å². The van der Waals surface area contributed by atoms with Crippen LogP contribution in [0.1, 0.15) is 11.1 Å². The number of methoxy groups -OCH3 is 1. The van der Waals surface area contributed by atoms with Gasteiger partial charge in [0.1, 0.15) is 0 Å². The summed E-state index contributed by atoms with van der Waals surface area (Å²) in [5.74, 6) is 0. The zero-order valence-electron chi connectivity index (χ0n) is 11.4. The highest BCUT2D eigenvalue weighted by atomic mass is 32.2. The highest BCUT2D eigenvalue weighted by Crippen LogP contribution is 2.18. The second-order valence-corrected chi connectivity index (χ2v) is 6.61. The van der Waals surface area contributed by atoms with E-state index in [2.05, 4.69) is 10.0 Å². The summed E-state index contributed by atoms with van der Waals surface area (Å²) in [5.41, 5.74) is 1.68. The predicted octanol–water partition coefficient (Wildman–Crippen LogP) is 0.569. The maximum atomic E-state index is 12.4. The van der Waals surface area contributed by atoms with E-state index in [0.717, 1.165) is 11.1 Å². The molecule has 1 unspecified atom stereocenters. The van der Waals surface area contributed by atoms with Crippen LogP contribution in [0.25, 0.3) is 0 Å². The number of sulfonamides is 1. The van der Waals surface area contributed by atoms with Crippen molar-refractivity contribution < 1.29 is 13.2 Å². The van der Waals surface area contributed by atoms with Crippen molar-refractivity contribution in [2.75, 3.05) is 20.2 Å². The summed E-state index contributed by atoms with van der Waals surface area (Å²) in [6.45, 7) is 4.93. The van der Waals surface area contributed by atoms with Crippen LogP contribution in [0.3, 0.4) is 0 Å². The fraction of sp³-hybridized carbons (Fsp3) is 0.538. The van der Waals surface area contributed by atoms with Crippen LogP contribution >= 0.6 is 0 Å². The maximum absolute atomic E-state index is 12.4. The third-order valence-electron chi connectivity index (χ3n) is 3.40. The summed E-state index contributed by atoms with van der Waals surface area (Å²) in [6, 6.07) is 5.20. The lowest BCUT2D eigenvalue weighted by molar-refractivity contribution is 0.103. The van der Waals surface area contributed by atoms with Crippen molar-refractivity contribution in [3.63, 3.8) is 0 Å². The topological polar surface area (TPSA) is 67.4 Å². The molecule has 1 aliphatic rings. The lowest BCUT2D eigenvalue weighted by Gasteiger charge is -2.19. The number of benzene rings is 1. The van der Waals surface area contributed by atoms with Gasteiger partial charge in [-0.15, -0.1) is 0 Å². The quantitative estimate of drug-likeness (QED) is 0.848. The van der Waals surface area contributed by atoms with Crippen molar-refractivity contribution in [3.05, 3.63) is 29.3 Å². The van der Waals surface area contributed by atoms with E-state index in [1.54, 1.807) is 20.1 Å². The van der Waals surface area contributed by atoms with Gasteiger partial charge < -0.3 is 10.1 Å². The van der Waals surface area contributed by atoms with Gasteiger partial charge in [0.25, 0.3) is 0 Å². The van der Waals surface area contributed by atoms with E-state index in [1.165, 1.54) is 0 Å². The van der Waals surface area contributed by atoms with E-state index in [9.17, 15) is 8.42 Å². The molecular formula is C13H20N2O3S. The average Bonchev–Trinajstić information content (AvgIpc) is 2.78. The zero-order valence-corrected chi connectivity index (χ0v) is 12.3. The van der Waals surface area contributed by atoms with E-state index in [0.29, 0.717) is 18.0 Å². The Morgan fingerprint density at radius 1 is 1.32 bits per heavy atom. The van der Waals surface area contributed by atoms with E-state index >= 15 is 0 Å². The predicted molar refractivity (Wildman–Crippen MR) is 73.7 cm³/mol.